The molecule has 0 aromatic heterocycles. The standard InChI is InChI=1S/C31H31F4N3O4S/c32-27(29(40)41)18-36-28(39)23-8-6-20(7-9-23)19-38(25-14-10-22(11-15-25)21-4-2-1-3-5-21)30(42)37-24-12-16-26(17-13-24)43-31(33,34)35/h6-17,21,27H,1-5,18-19H2,(H,36,39)(H,37,42)(H,40,41). The van der Waals surface area contributed by atoms with Crippen LogP contribution in [-0.4, -0.2) is 41.2 Å². The monoisotopic (exact) mass is 617 g/mol. The van der Waals surface area contributed by atoms with E-state index >= 15 is 0 Å². The van der Waals surface area contributed by atoms with Gasteiger partial charge in [-0.25, -0.2) is 14.0 Å². The number of hydrogen-bond donors (Lipinski definition) is 3. The summed E-state index contributed by atoms with van der Waals surface area (Å²) in [6.07, 6.45) is 3.62. The Labute approximate surface area is 250 Å². The highest BCUT2D eigenvalue weighted by Crippen LogP contribution is 2.37. The molecule has 1 saturated carbocycles. The second kappa shape index (κ2) is 14.4. The molecule has 0 aliphatic heterocycles. The third-order valence-corrected chi connectivity index (χ3v) is 7.87. The Bertz CT molecular complexity index is 1390. The maximum absolute atomic E-state index is 13.5. The maximum atomic E-state index is 13.5. The minimum atomic E-state index is -4.42. The fourth-order valence-electron chi connectivity index (χ4n) is 4.89. The van der Waals surface area contributed by atoms with Gasteiger partial charge in [-0.05, 0) is 90.2 Å². The lowest BCUT2D eigenvalue weighted by molar-refractivity contribution is -0.142. The van der Waals surface area contributed by atoms with Gasteiger partial charge in [-0.3, -0.25) is 9.69 Å². The molecule has 1 fully saturated rings. The van der Waals surface area contributed by atoms with Crippen molar-refractivity contribution in [2.75, 3.05) is 16.8 Å². The van der Waals surface area contributed by atoms with Crippen molar-refractivity contribution in [1.82, 2.24) is 5.32 Å². The lowest BCUT2D eigenvalue weighted by Gasteiger charge is -2.26. The van der Waals surface area contributed by atoms with Crippen LogP contribution in [0.5, 0.6) is 0 Å². The Morgan fingerprint density at radius 2 is 1.53 bits per heavy atom. The van der Waals surface area contributed by atoms with Gasteiger partial charge in [0.2, 0.25) is 6.17 Å². The number of nitrogens with zero attached hydrogens (tertiary/aromatic N) is 1. The molecule has 0 bridgehead atoms. The summed E-state index contributed by atoms with van der Waals surface area (Å²) in [7, 11) is 0. The highest BCUT2D eigenvalue weighted by molar-refractivity contribution is 8.00. The van der Waals surface area contributed by atoms with Crippen molar-refractivity contribution in [2.24, 2.45) is 0 Å². The zero-order chi connectivity index (χ0) is 31.0. The number of alkyl halides is 4. The van der Waals surface area contributed by atoms with E-state index in [9.17, 15) is 31.9 Å². The summed E-state index contributed by atoms with van der Waals surface area (Å²) < 4.78 is 51.4. The van der Waals surface area contributed by atoms with Crippen molar-refractivity contribution in [2.45, 2.75) is 61.1 Å². The fraction of sp³-hybridized carbons (Fsp3) is 0.323. The first-order valence-electron chi connectivity index (χ1n) is 13.8. The van der Waals surface area contributed by atoms with Crippen molar-refractivity contribution < 1.29 is 37.1 Å². The van der Waals surface area contributed by atoms with Crippen LogP contribution >= 0.6 is 11.8 Å². The normalized spacial score (nSPS) is 14.5. The van der Waals surface area contributed by atoms with E-state index in [2.05, 4.69) is 10.6 Å². The summed E-state index contributed by atoms with van der Waals surface area (Å²) in [6, 6.07) is 18.8. The lowest BCUT2D eigenvalue weighted by atomic mass is 9.84. The van der Waals surface area contributed by atoms with E-state index in [-0.39, 0.29) is 28.8 Å². The minimum Gasteiger partial charge on any atom is -0.479 e. The van der Waals surface area contributed by atoms with E-state index in [1.807, 2.05) is 24.3 Å². The van der Waals surface area contributed by atoms with Gasteiger partial charge < -0.3 is 15.7 Å². The number of nitrogens with one attached hydrogen (secondary N) is 2. The molecule has 0 saturated heterocycles. The lowest BCUT2D eigenvalue weighted by Crippen LogP contribution is -2.35. The number of anilines is 2. The van der Waals surface area contributed by atoms with Crippen LogP contribution in [0.4, 0.5) is 33.7 Å². The molecule has 3 N–H and O–H groups in total. The number of hydrogen-bond acceptors (Lipinski definition) is 4. The summed E-state index contributed by atoms with van der Waals surface area (Å²) in [4.78, 5) is 37.9. The molecule has 12 heteroatoms. The van der Waals surface area contributed by atoms with Crippen LogP contribution in [0.25, 0.3) is 0 Å². The predicted octanol–water partition coefficient (Wildman–Crippen LogP) is 7.74. The highest BCUT2D eigenvalue weighted by Gasteiger charge is 2.29. The van der Waals surface area contributed by atoms with E-state index in [1.165, 1.54) is 66.1 Å². The molecule has 3 aromatic rings. The van der Waals surface area contributed by atoms with Crippen molar-refractivity contribution in [1.29, 1.82) is 0 Å². The average molecular weight is 618 g/mol. The van der Waals surface area contributed by atoms with Gasteiger partial charge in [-0.2, -0.15) is 13.2 Å². The van der Waals surface area contributed by atoms with E-state index in [0.717, 1.165) is 12.8 Å². The number of carboxylic acid groups (broad SMARTS) is 1. The zero-order valence-corrected chi connectivity index (χ0v) is 23.9. The van der Waals surface area contributed by atoms with Gasteiger partial charge in [0.25, 0.3) is 5.91 Å². The van der Waals surface area contributed by atoms with Gasteiger partial charge in [-0.15, -0.1) is 0 Å². The molecule has 1 atom stereocenters. The topological polar surface area (TPSA) is 98.7 Å². The first-order valence-corrected chi connectivity index (χ1v) is 14.6. The Kier molecular flexibility index (Phi) is 10.7. The summed E-state index contributed by atoms with van der Waals surface area (Å²) >= 11 is -0.241. The first-order chi connectivity index (χ1) is 20.5. The van der Waals surface area contributed by atoms with Crippen LogP contribution in [0.2, 0.25) is 0 Å². The second-order valence-electron chi connectivity index (χ2n) is 10.2. The Morgan fingerprint density at radius 3 is 2.12 bits per heavy atom. The molecule has 0 spiro atoms. The summed E-state index contributed by atoms with van der Waals surface area (Å²) in [5.74, 6) is -1.84. The Morgan fingerprint density at radius 1 is 0.907 bits per heavy atom. The van der Waals surface area contributed by atoms with E-state index in [0.29, 0.717) is 22.9 Å². The van der Waals surface area contributed by atoms with Gasteiger partial charge in [-0.1, -0.05) is 43.5 Å². The molecule has 3 amide bonds. The van der Waals surface area contributed by atoms with Gasteiger partial charge in [0.05, 0.1) is 13.1 Å². The van der Waals surface area contributed by atoms with E-state index in [4.69, 9.17) is 5.11 Å². The van der Waals surface area contributed by atoms with Crippen LogP contribution < -0.4 is 15.5 Å². The van der Waals surface area contributed by atoms with Gasteiger partial charge >= 0.3 is 17.5 Å². The van der Waals surface area contributed by atoms with Crippen molar-refractivity contribution in [3.63, 3.8) is 0 Å². The molecule has 4 rings (SSSR count). The number of rotatable bonds is 10. The largest absolute Gasteiger partial charge is 0.479 e. The van der Waals surface area contributed by atoms with Crippen molar-refractivity contribution in [3.05, 3.63) is 89.5 Å². The number of carboxylic acids is 1. The van der Waals surface area contributed by atoms with E-state index < -0.39 is 36.1 Å². The van der Waals surface area contributed by atoms with Crippen LogP contribution in [0.3, 0.4) is 0 Å². The van der Waals surface area contributed by atoms with Crippen LogP contribution in [0.1, 0.15) is 59.5 Å². The van der Waals surface area contributed by atoms with E-state index in [1.54, 1.807) is 12.1 Å². The minimum absolute atomic E-state index is 0.00483. The number of amides is 3. The molecule has 3 aromatic carbocycles. The SMILES string of the molecule is O=C(NCC(F)C(=O)O)c1ccc(CN(C(=O)Nc2ccc(SC(F)(F)F)cc2)c2ccc(C3CCCCC3)cc2)cc1. The number of benzene rings is 3. The molecule has 7 nitrogen and oxygen atoms in total. The molecule has 1 unspecified atom stereocenters. The fourth-order valence-corrected chi connectivity index (χ4v) is 5.43. The smallest absolute Gasteiger partial charge is 0.446 e. The molecular formula is C31H31F4N3O4S. The molecular weight excluding hydrogens is 586 g/mol. The molecule has 1 aliphatic carbocycles. The molecule has 0 heterocycles. The van der Waals surface area contributed by atoms with Crippen LogP contribution in [0.15, 0.2) is 77.7 Å². The first kappa shape index (κ1) is 31.9. The molecule has 1 aliphatic rings. The van der Waals surface area contributed by atoms with Gasteiger partial charge in [0.1, 0.15) is 0 Å². The summed E-state index contributed by atoms with van der Waals surface area (Å²) in [6.45, 7) is -0.569. The third-order valence-electron chi connectivity index (χ3n) is 7.13. The molecule has 0 radical (unpaired) electrons. The number of thioether (sulfide) groups is 1. The Balaban J connectivity index is 1.50. The number of urea groups is 1. The quantitative estimate of drug-likeness (QED) is 0.160. The Hall–Kier alpha value is -4.06. The molecule has 228 valence electrons. The average Bonchev–Trinajstić information content (AvgIpc) is 2.99. The van der Waals surface area contributed by atoms with Crippen molar-refractivity contribution >= 4 is 41.0 Å². The highest BCUT2D eigenvalue weighted by atomic mass is 32.2. The van der Waals surface area contributed by atoms with Gasteiger partial charge in [0, 0.05) is 21.8 Å². The maximum Gasteiger partial charge on any atom is 0.446 e. The number of carbonyl (C=O) groups excluding carboxylic acids is 2. The summed E-state index contributed by atoms with van der Waals surface area (Å²) in [5.41, 5.74) is -1.45. The van der Waals surface area contributed by atoms with Crippen LogP contribution in [-0.2, 0) is 11.3 Å². The number of aliphatic carboxylic acids is 1. The van der Waals surface area contributed by atoms with Crippen LogP contribution in [0, 0.1) is 0 Å². The predicted molar refractivity (Wildman–Crippen MR) is 157 cm³/mol. The summed E-state index contributed by atoms with van der Waals surface area (Å²) in [5, 5.41) is 13.6. The van der Waals surface area contributed by atoms with Crippen molar-refractivity contribution in [3.8, 4) is 0 Å². The second-order valence-corrected chi connectivity index (χ2v) is 11.4. The van der Waals surface area contributed by atoms with Gasteiger partial charge in [0.15, 0.2) is 0 Å². The number of carbonyl (C=O) groups is 3. The zero-order valence-electron chi connectivity index (χ0n) is 23.1. The molecule has 43 heavy (non-hydrogen) atoms. The number of halogens is 4. The third kappa shape index (κ3) is 9.47.